The first-order valence-electron chi connectivity index (χ1n) is 8.69. The lowest BCUT2D eigenvalue weighted by Crippen LogP contribution is -1.84. The van der Waals surface area contributed by atoms with Crippen molar-refractivity contribution in [3.63, 3.8) is 0 Å². The van der Waals surface area contributed by atoms with Crippen molar-refractivity contribution in [2.24, 2.45) is 0 Å². The van der Waals surface area contributed by atoms with Crippen LogP contribution in [0, 0.1) is 0 Å². The molecule has 0 unspecified atom stereocenters. The smallest absolute Gasteiger partial charge is 0.0719 e. The molecule has 0 aromatic rings. The van der Waals surface area contributed by atoms with Gasteiger partial charge in [0.1, 0.15) is 0 Å². The van der Waals surface area contributed by atoms with E-state index < -0.39 is 0 Å². The predicted octanol–water partition coefficient (Wildman–Crippen LogP) is 6.15. The van der Waals surface area contributed by atoms with Gasteiger partial charge in [-0.1, -0.05) is 97.0 Å². The van der Waals surface area contributed by atoms with Crippen LogP contribution in [0.2, 0.25) is 0 Å². The first-order valence-corrected chi connectivity index (χ1v) is 8.69. The Bertz CT molecular complexity index is 143. The molecular weight excluding hydrogens is 248 g/mol. The van der Waals surface area contributed by atoms with Gasteiger partial charge in [0.25, 0.3) is 0 Å². The summed E-state index contributed by atoms with van der Waals surface area (Å²) < 4.78 is 0. The molecule has 0 amide bonds. The number of hydrogen-bond donors (Lipinski definition) is 2. The highest BCUT2D eigenvalue weighted by atomic mass is 16.3. The second-order valence-electron chi connectivity index (χ2n) is 5.50. The van der Waals surface area contributed by atoms with Crippen molar-refractivity contribution in [3.05, 3.63) is 12.8 Å². The zero-order valence-electron chi connectivity index (χ0n) is 13.8. The topological polar surface area (TPSA) is 40.5 Å². The van der Waals surface area contributed by atoms with E-state index in [0.717, 1.165) is 12.7 Å². The van der Waals surface area contributed by atoms with Crippen LogP contribution in [0.5, 0.6) is 0 Å². The van der Waals surface area contributed by atoms with Gasteiger partial charge in [0.2, 0.25) is 0 Å². The summed E-state index contributed by atoms with van der Waals surface area (Å²) in [6.07, 6.45) is 20.0. The average molecular weight is 286 g/mol. The van der Waals surface area contributed by atoms with Crippen LogP contribution in [0.1, 0.15) is 96.8 Å². The maximum Gasteiger partial charge on any atom is 0.0719 e. The van der Waals surface area contributed by atoms with Gasteiger partial charge in [-0.3, -0.25) is 0 Å². The van der Waals surface area contributed by atoms with Crippen LogP contribution in [0.4, 0.5) is 0 Å². The van der Waals surface area contributed by atoms with Gasteiger partial charge < -0.3 is 10.2 Å². The van der Waals surface area contributed by atoms with Crippen molar-refractivity contribution in [3.8, 4) is 0 Å². The van der Waals surface area contributed by atoms with E-state index in [9.17, 15) is 0 Å². The van der Waals surface area contributed by atoms with E-state index in [4.69, 9.17) is 10.2 Å². The van der Waals surface area contributed by atoms with E-state index in [0.29, 0.717) is 6.61 Å². The second-order valence-corrected chi connectivity index (χ2v) is 5.50. The molecule has 0 saturated carbocycles. The largest absolute Gasteiger partial charge is 0.516 e. The van der Waals surface area contributed by atoms with E-state index >= 15 is 0 Å². The standard InChI is InChI=1S/C16H34O.C2H4O/c1-2-3-4-5-6-7-8-9-10-11-12-13-14-15-16-17;1-2-3/h17H,2-16H2,1H3;2-3H,1H2. The van der Waals surface area contributed by atoms with Crippen LogP contribution in [0.15, 0.2) is 12.8 Å². The van der Waals surface area contributed by atoms with E-state index in [-0.39, 0.29) is 0 Å². The summed E-state index contributed by atoms with van der Waals surface area (Å²) in [5.41, 5.74) is 0. The molecule has 0 heterocycles. The number of unbranched alkanes of at least 4 members (excludes halogenated alkanes) is 13. The summed E-state index contributed by atoms with van der Waals surface area (Å²) in [5, 5.41) is 16.0. The summed E-state index contributed by atoms with van der Waals surface area (Å²) in [7, 11) is 0. The van der Waals surface area contributed by atoms with E-state index in [1.165, 1.54) is 83.5 Å². The van der Waals surface area contributed by atoms with Crippen molar-refractivity contribution in [2.75, 3.05) is 6.61 Å². The number of aliphatic hydroxyl groups is 2. The fourth-order valence-corrected chi connectivity index (χ4v) is 2.31. The summed E-state index contributed by atoms with van der Waals surface area (Å²) in [4.78, 5) is 0. The van der Waals surface area contributed by atoms with Crippen molar-refractivity contribution in [1.82, 2.24) is 0 Å². The maximum absolute atomic E-state index is 8.64. The average Bonchev–Trinajstić information content (AvgIpc) is 2.45. The van der Waals surface area contributed by atoms with Gasteiger partial charge in [-0.25, -0.2) is 0 Å². The quantitative estimate of drug-likeness (QED) is 0.297. The minimum absolute atomic E-state index is 0.373. The van der Waals surface area contributed by atoms with Gasteiger partial charge >= 0.3 is 0 Å². The predicted molar refractivity (Wildman–Crippen MR) is 90.2 cm³/mol. The third-order valence-electron chi connectivity index (χ3n) is 3.51. The van der Waals surface area contributed by atoms with Crippen LogP contribution in [0.25, 0.3) is 0 Å². The van der Waals surface area contributed by atoms with Crippen LogP contribution < -0.4 is 0 Å². The Morgan fingerprint density at radius 1 is 0.650 bits per heavy atom. The molecular formula is C18H38O2. The third-order valence-corrected chi connectivity index (χ3v) is 3.51. The summed E-state index contributed by atoms with van der Waals surface area (Å²) in [5.74, 6) is 0. The van der Waals surface area contributed by atoms with Crippen LogP contribution in [0.3, 0.4) is 0 Å². The third kappa shape index (κ3) is 26.1. The summed E-state index contributed by atoms with van der Waals surface area (Å²) in [6, 6.07) is 0. The normalized spacial score (nSPS) is 9.90. The van der Waals surface area contributed by atoms with Gasteiger partial charge in [0, 0.05) is 6.61 Å². The minimum Gasteiger partial charge on any atom is -0.516 e. The fraction of sp³-hybridized carbons (Fsp3) is 0.889. The summed E-state index contributed by atoms with van der Waals surface area (Å²) >= 11 is 0. The molecule has 0 fully saturated rings. The molecule has 0 aliphatic rings. The number of rotatable bonds is 14. The van der Waals surface area contributed by atoms with Crippen LogP contribution in [-0.4, -0.2) is 16.8 Å². The van der Waals surface area contributed by atoms with Crippen molar-refractivity contribution in [2.45, 2.75) is 96.8 Å². The molecule has 0 aromatic heterocycles. The highest BCUT2D eigenvalue weighted by Gasteiger charge is 1.93. The lowest BCUT2D eigenvalue weighted by atomic mass is 10.0. The second kappa shape index (κ2) is 23.6. The molecule has 0 atom stereocenters. The van der Waals surface area contributed by atoms with E-state index in [2.05, 4.69) is 13.5 Å². The molecule has 122 valence electrons. The molecule has 0 aromatic carbocycles. The molecule has 0 rings (SSSR count). The highest BCUT2D eigenvalue weighted by Crippen LogP contribution is 2.12. The lowest BCUT2D eigenvalue weighted by Gasteiger charge is -2.02. The molecule has 2 nitrogen and oxygen atoms in total. The zero-order valence-corrected chi connectivity index (χ0v) is 13.8. The fourth-order valence-electron chi connectivity index (χ4n) is 2.31. The Morgan fingerprint density at radius 2 is 0.900 bits per heavy atom. The zero-order chi connectivity index (χ0) is 15.3. The van der Waals surface area contributed by atoms with Crippen LogP contribution >= 0.6 is 0 Å². The van der Waals surface area contributed by atoms with Gasteiger partial charge in [0.05, 0.1) is 6.26 Å². The van der Waals surface area contributed by atoms with Crippen molar-refractivity contribution in [1.29, 1.82) is 0 Å². The molecule has 0 bridgehead atoms. The number of aliphatic hydroxyl groups excluding tert-OH is 2. The Hall–Kier alpha value is -0.500. The Labute approximate surface area is 127 Å². The molecule has 2 heteroatoms. The van der Waals surface area contributed by atoms with Crippen molar-refractivity contribution < 1.29 is 10.2 Å². The lowest BCUT2D eigenvalue weighted by molar-refractivity contribution is 0.282. The van der Waals surface area contributed by atoms with Gasteiger partial charge in [-0.05, 0) is 6.42 Å². The Balaban J connectivity index is 0. The monoisotopic (exact) mass is 286 g/mol. The number of hydrogen-bond acceptors (Lipinski definition) is 2. The van der Waals surface area contributed by atoms with Gasteiger partial charge in [-0.15, -0.1) is 0 Å². The Kier molecular flexibility index (Phi) is 25.7. The SMILES string of the molecule is C=CO.CCCCCCCCCCCCCCCCO. The van der Waals surface area contributed by atoms with E-state index in [1.54, 1.807) is 0 Å². The minimum atomic E-state index is 0.373. The van der Waals surface area contributed by atoms with E-state index in [1.807, 2.05) is 0 Å². The highest BCUT2D eigenvalue weighted by molar-refractivity contribution is 4.48. The molecule has 0 spiro atoms. The molecule has 20 heavy (non-hydrogen) atoms. The molecule has 0 aliphatic carbocycles. The molecule has 0 saturated heterocycles. The molecule has 0 aliphatic heterocycles. The van der Waals surface area contributed by atoms with Gasteiger partial charge in [0.15, 0.2) is 0 Å². The Morgan fingerprint density at radius 3 is 1.15 bits per heavy atom. The maximum atomic E-state index is 8.64. The van der Waals surface area contributed by atoms with Crippen LogP contribution in [-0.2, 0) is 0 Å². The summed E-state index contributed by atoms with van der Waals surface area (Å²) in [6.45, 7) is 5.57. The van der Waals surface area contributed by atoms with Crippen molar-refractivity contribution >= 4 is 0 Å². The first-order chi connectivity index (χ1) is 9.83. The first kappa shape index (κ1) is 21.8. The molecule has 0 radical (unpaired) electrons. The molecule has 2 N–H and O–H groups in total. The van der Waals surface area contributed by atoms with Gasteiger partial charge in [-0.2, -0.15) is 0 Å².